The number of carboxylic acid groups (broad SMARTS) is 2. The molecule has 0 bridgehead atoms. The maximum Gasteiger partial charge on any atom is 0.573 e. The zero-order valence-electron chi connectivity index (χ0n) is 8.89. The number of hydrogen-bond donors (Lipinski definition) is 2. The van der Waals surface area contributed by atoms with Gasteiger partial charge in [0.2, 0.25) is 5.82 Å². The van der Waals surface area contributed by atoms with Crippen molar-refractivity contribution in [1.29, 1.82) is 0 Å². The molecule has 1 aromatic carbocycles. The summed E-state index contributed by atoms with van der Waals surface area (Å²) >= 11 is 0. The second kappa shape index (κ2) is 4.90. The monoisotopic (exact) mass is 304 g/mol. The average molecular weight is 304 g/mol. The standard InChI is InChI=1S/C9H2F6O5/c10-3-1(7(16)17)4(11)5(12)6(2(3)8(18)19)20-9(13,14)15/h(H,16,17)(H,18,19). The zero-order valence-corrected chi connectivity index (χ0v) is 8.89. The third-order valence-corrected chi connectivity index (χ3v) is 1.92. The van der Waals surface area contributed by atoms with Crippen LogP contribution in [0.3, 0.4) is 0 Å². The molecule has 0 saturated carbocycles. The molecule has 0 aromatic heterocycles. The molecule has 0 amide bonds. The van der Waals surface area contributed by atoms with Gasteiger partial charge in [-0.15, -0.1) is 13.2 Å². The molecule has 20 heavy (non-hydrogen) atoms. The second-order valence-electron chi connectivity index (χ2n) is 3.18. The van der Waals surface area contributed by atoms with Gasteiger partial charge in [-0.25, -0.2) is 18.4 Å². The van der Waals surface area contributed by atoms with Crippen LogP contribution in [0.15, 0.2) is 0 Å². The van der Waals surface area contributed by atoms with Gasteiger partial charge in [0.1, 0.15) is 11.1 Å². The first-order chi connectivity index (χ1) is 8.97. The smallest absolute Gasteiger partial charge is 0.477 e. The van der Waals surface area contributed by atoms with E-state index in [0.717, 1.165) is 0 Å². The highest BCUT2D eigenvalue weighted by atomic mass is 19.4. The van der Waals surface area contributed by atoms with E-state index in [1.807, 2.05) is 0 Å². The van der Waals surface area contributed by atoms with Gasteiger partial charge in [0.15, 0.2) is 17.4 Å². The van der Waals surface area contributed by atoms with Crippen LogP contribution in [0.4, 0.5) is 26.3 Å². The Morgan fingerprint density at radius 1 is 0.850 bits per heavy atom. The Hall–Kier alpha value is -2.46. The lowest BCUT2D eigenvalue weighted by Crippen LogP contribution is -2.23. The molecule has 110 valence electrons. The van der Waals surface area contributed by atoms with Crippen molar-refractivity contribution in [3.63, 3.8) is 0 Å². The minimum Gasteiger partial charge on any atom is -0.477 e. The van der Waals surface area contributed by atoms with Crippen LogP contribution in [-0.4, -0.2) is 28.5 Å². The molecule has 1 rings (SSSR count). The van der Waals surface area contributed by atoms with E-state index in [1.165, 1.54) is 0 Å². The largest absolute Gasteiger partial charge is 0.573 e. The summed E-state index contributed by atoms with van der Waals surface area (Å²) < 4.78 is 78.6. The van der Waals surface area contributed by atoms with Crippen molar-refractivity contribution >= 4 is 11.9 Å². The number of aromatic carboxylic acids is 2. The summed E-state index contributed by atoms with van der Waals surface area (Å²) in [5, 5.41) is 16.9. The second-order valence-corrected chi connectivity index (χ2v) is 3.18. The summed E-state index contributed by atoms with van der Waals surface area (Å²) in [5.74, 6) is -14.7. The van der Waals surface area contributed by atoms with Crippen LogP contribution in [0.25, 0.3) is 0 Å². The van der Waals surface area contributed by atoms with Gasteiger partial charge in [-0.05, 0) is 0 Å². The van der Waals surface area contributed by atoms with Gasteiger partial charge in [-0.3, -0.25) is 0 Å². The minimum atomic E-state index is -5.64. The topological polar surface area (TPSA) is 83.8 Å². The quantitative estimate of drug-likeness (QED) is 0.661. The predicted molar refractivity (Wildman–Crippen MR) is 46.9 cm³/mol. The highest BCUT2D eigenvalue weighted by Gasteiger charge is 2.39. The third kappa shape index (κ3) is 2.75. The van der Waals surface area contributed by atoms with Crippen LogP contribution >= 0.6 is 0 Å². The molecule has 0 unspecified atom stereocenters. The minimum absolute atomic E-state index is 2.05. The third-order valence-electron chi connectivity index (χ3n) is 1.92. The number of ether oxygens (including phenoxy) is 1. The molecule has 0 radical (unpaired) electrons. The van der Waals surface area contributed by atoms with Crippen molar-refractivity contribution in [2.24, 2.45) is 0 Å². The van der Waals surface area contributed by atoms with Gasteiger partial charge in [0.05, 0.1) is 0 Å². The molecule has 0 saturated heterocycles. The number of halogens is 6. The van der Waals surface area contributed by atoms with Crippen molar-refractivity contribution in [2.75, 3.05) is 0 Å². The molecule has 11 heteroatoms. The molecule has 0 spiro atoms. The van der Waals surface area contributed by atoms with E-state index >= 15 is 0 Å². The molecule has 0 aliphatic carbocycles. The molecule has 0 aliphatic rings. The summed E-state index contributed by atoms with van der Waals surface area (Å²) in [6, 6.07) is 0. The molecule has 0 atom stereocenters. The first-order valence-electron chi connectivity index (χ1n) is 4.40. The van der Waals surface area contributed by atoms with Gasteiger partial charge in [0.25, 0.3) is 0 Å². The Morgan fingerprint density at radius 2 is 1.30 bits per heavy atom. The number of hydrogen-bond acceptors (Lipinski definition) is 3. The van der Waals surface area contributed by atoms with E-state index in [2.05, 4.69) is 4.74 Å². The number of benzene rings is 1. The summed E-state index contributed by atoms with van der Waals surface area (Å²) in [6.07, 6.45) is -5.64. The maximum absolute atomic E-state index is 13.4. The predicted octanol–water partition coefficient (Wildman–Crippen LogP) is 2.40. The molecular weight excluding hydrogens is 302 g/mol. The molecule has 2 N–H and O–H groups in total. The van der Waals surface area contributed by atoms with E-state index in [1.54, 1.807) is 0 Å². The zero-order chi connectivity index (χ0) is 15.8. The number of carbonyl (C=O) groups is 2. The van der Waals surface area contributed by atoms with Crippen molar-refractivity contribution < 1.29 is 50.9 Å². The molecule has 0 heterocycles. The normalized spacial score (nSPS) is 11.3. The van der Waals surface area contributed by atoms with Crippen LogP contribution in [0.2, 0.25) is 0 Å². The van der Waals surface area contributed by atoms with Crippen LogP contribution in [0, 0.1) is 17.5 Å². The first-order valence-corrected chi connectivity index (χ1v) is 4.40. The van der Waals surface area contributed by atoms with Crippen molar-refractivity contribution in [3.05, 3.63) is 28.6 Å². The highest BCUT2D eigenvalue weighted by molar-refractivity contribution is 5.96. The van der Waals surface area contributed by atoms with Crippen molar-refractivity contribution in [2.45, 2.75) is 6.36 Å². The fourth-order valence-corrected chi connectivity index (χ4v) is 1.23. The summed E-state index contributed by atoms with van der Waals surface area (Å²) in [4.78, 5) is 21.1. The van der Waals surface area contributed by atoms with Gasteiger partial charge < -0.3 is 14.9 Å². The SMILES string of the molecule is O=C(O)c1c(F)c(F)c(OC(F)(F)F)c(C(=O)O)c1F. The number of alkyl halides is 3. The summed E-state index contributed by atoms with van der Waals surface area (Å²) in [5.41, 5.74) is -4.13. The van der Waals surface area contributed by atoms with E-state index in [-0.39, 0.29) is 0 Å². The van der Waals surface area contributed by atoms with Gasteiger partial charge in [-0.2, -0.15) is 4.39 Å². The fourth-order valence-electron chi connectivity index (χ4n) is 1.23. The van der Waals surface area contributed by atoms with Crippen LogP contribution in [0.5, 0.6) is 5.75 Å². The lowest BCUT2D eigenvalue weighted by molar-refractivity contribution is -0.275. The lowest BCUT2D eigenvalue weighted by atomic mass is 10.1. The first kappa shape index (κ1) is 15.6. The Balaban J connectivity index is 3.76. The van der Waals surface area contributed by atoms with Crippen LogP contribution < -0.4 is 4.74 Å². The Morgan fingerprint density at radius 3 is 1.65 bits per heavy atom. The van der Waals surface area contributed by atoms with E-state index < -0.39 is 52.6 Å². The van der Waals surface area contributed by atoms with Crippen LogP contribution in [-0.2, 0) is 0 Å². The Labute approximate surface area is 105 Å². The van der Waals surface area contributed by atoms with Crippen molar-refractivity contribution in [3.8, 4) is 5.75 Å². The van der Waals surface area contributed by atoms with Crippen molar-refractivity contribution in [1.82, 2.24) is 0 Å². The molecular formula is C9H2F6O5. The number of carboxylic acids is 2. The average Bonchev–Trinajstić information content (AvgIpc) is 2.22. The maximum atomic E-state index is 13.4. The summed E-state index contributed by atoms with van der Waals surface area (Å²) in [6.45, 7) is 0. The van der Waals surface area contributed by atoms with Gasteiger partial charge in [-0.1, -0.05) is 0 Å². The van der Waals surface area contributed by atoms with E-state index in [4.69, 9.17) is 10.2 Å². The van der Waals surface area contributed by atoms with Crippen LogP contribution in [0.1, 0.15) is 20.7 Å². The fraction of sp³-hybridized carbons (Fsp3) is 0.111. The van der Waals surface area contributed by atoms with Gasteiger partial charge >= 0.3 is 18.3 Å². The molecule has 0 fully saturated rings. The van der Waals surface area contributed by atoms with Gasteiger partial charge in [0, 0.05) is 0 Å². The van der Waals surface area contributed by atoms with E-state index in [0.29, 0.717) is 0 Å². The number of rotatable bonds is 3. The highest BCUT2D eigenvalue weighted by Crippen LogP contribution is 2.35. The molecule has 1 aromatic rings. The Bertz CT molecular complexity index is 594. The molecule has 0 aliphatic heterocycles. The molecule has 5 nitrogen and oxygen atoms in total. The summed E-state index contributed by atoms with van der Waals surface area (Å²) in [7, 11) is 0. The Kier molecular flexibility index (Phi) is 3.82. The van der Waals surface area contributed by atoms with E-state index in [9.17, 15) is 35.9 Å². The lowest BCUT2D eigenvalue weighted by Gasteiger charge is -2.14.